The number of hydrogen-bond donors (Lipinski definition) is 2. The molecule has 0 spiro atoms. The Morgan fingerprint density at radius 2 is 1.94 bits per heavy atom. The maximum Gasteiger partial charge on any atom is 0.229 e. The van der Waals surface area contributed by atoms with Crippen LogP contribution < -0.4 is 15.5 Å². The fourth-order valence-electron chi connectivity index (χ4n) is 3.86. The minimum Gasteiger partial charge on any atom is -0.370 e. The molecule has 1 fully saturated rings. The lowest BCUT2D eigenvalue weighted by molar-refractivity contribution is 0.436. The maximum atomic E-state index is 14.4. The lowest BCUT2D eigenvalue weighted by atomic mass is 9.99. The van der Waals surface area contributed by atoms with Gasteiger partial charge in [-0.15, -0.1) is 0 Å². The van der Waals surface area contributed by atoms with Crippen LogP contribution in [0.2, 0.25) is 0 Å². The van der Waals surface area contributed by atoms with E-state index < -0.39 is 15.7 Å². The van der Waals surface area contributed by atoms with Crippen LogP contribution in [0.5, 0.6) is 0 Å². The van der Waals surface area contributed by atoms with Crippen LogP contribution in [0.15, 0.2) is 24.5 Å². The Hall–Kier alpha value is -2.86. The molecule has 0 amide bonds. The van der Waals surface area contributed by atoms with E-state index in [4.69, 9.17) is 0 Å². The number of nitrogens with one attached hydrogen (secondary N) is 2. The Kier molecular flexibility index (Phi) is 6.75. The molecule has 33 heavy (non-hydrogen) atoms. The average Bonchev–Trinajstić information content (AvgIpc) is 3.16. The first-order chi connectivity index (χ1) is 15.7. The van der Waals surface area contributed by atoms with Gasteiger partial charge in [0.25, 0.3) is 0 Å². The molecule has 2 N–H and O–H groups in total. The molecule has 0 bridgehead atoms. The summed E-state index contributed by atoms with van der Waals surface area (Å²) in [6, 6.07) is 3.77. The number of nitrogens with zero attached hydrogens (tertiary/aromatic N) is 5. The fraction of sp³-hybridized carbons (Fsp3) is 0.429. The zero-order chi connectivity index (χ0) is 23.6. The monoisotopic (exact) mass is 491 g/mol. The van der Waals surface area contributed by atoms with Gasteiger partial charge in [0.15, 0.2) is 10.9 Å². The summed E-state index contributed by atoms with van der Waals surface area (Å²) in [5, 5.41) is 6.68. The van der Waals surface area contributed by atoms with Crippen molar-refractivity contribution in [3.63, 3.8) is 0 Å². The zero-order valence-corrected chi connectivity index (χ0v) is 20.3. The molecule has 4 rings (SSSR count). The predicted molar refractivity (Wildman–Crippen MR) is 130 cm³/mol. The van der Waals surface area contributed by atoms with Crippen LogP contribution in [-0.2, 0) is 9.84 Å². The average molecular weight is 492 g/mol. The topological polar surface area (TPSA) is 113 Å². The van der Waals surface area contributed by atoms with Crippen molar-refractivity contribution in [2.45, 2.75) is 19.8 Å². The number of halogens is 1. The molecule has 176 valence electrons. The molecule has 0 aliphatic carbocycles. The van der Waals surface area contributed by atoms with Crippen LogP contribution in [0.4, 0.5) is 27.0 Å². The van der Waals surface area contributed by atoms with Crippen molar-refractivity contribution in [3.8, 4) is 10.6 Å². The summed E-state index contributed by atoms with van der Waals surface area (Å²) < 4.78 is 37.5. The largest absolute Gasteiger partial charge is 0.370 e. The van der Waals surface area contributed by atoms with Crippen molar-refractivity contribution in [1.82, 2.24) is 19.9 Å². The molecule has 1 aliphatic heterocycles. The molecule has 3 aromatic heterocycles. The number of sulfone groups is 1. The van der Waals surface area contributed by atoms with Gasteiger partial charge in [-0.3, -0.25) is 0 Å². The summed E-state index contributed by atoms with van der Waals surface area (Å²) in [7, 11) is -1.19. The quantitative estimate of drug-likeness (QED) is 0.513. The minimum atomic E-state index is -2.95. The summed E-state index contributed by atoms with van der Waals surface area (Å²) in [6.45, 7) is 3.40. The van der Waals surface area contributed by atoms with Crippen LogP contribution >= 0.6 is 11.3 Å². The molecule has 0 radical (unpaired) electrons. The molecule has 0 unspecified atom stereocenters. The third-order valence-corrected chi connectivity index (χ3v) is 7.73. The Balaban J connectivity index is 1.43. The fourth-order valence-corrected chi connectivity index (χ4v) is 5.96. The number of hydrogen-bond acceptors (Lipinski definition) is 10. The molecule has 9 nitrogen and oxygen atoms in total. The van der Waals surface area contributed by atoms with E-state index in [0.29, 0.717) is 21.5 Å². The van der Waals surface area contributed by atoms with Gasteiger partial charge in [0.1, 0.15) is 21.3 Å². The summed E-state index contributed by atoms with van der Waals surface area (Å²) in [5.41, 5.74) is 1.85. The third-order valence-electron chi connectivity index (χ3n) is 5.48. The molecule has 3 aromatic rings. The molecule has 1 aliphatic rings. The van der Waals surface area contributed by atoms with Gasteiger partial charge >= 0.3 is 0 Å². The standard InChI is InChI=1S/C21H26FN7O2S2/c1-13-19(32-21(23-2)26-13)18-16(22)11-25-20(28-18)27-17-5-4-15(10-24-17)29-8-6-14(7-9-29)12-33(3,30)31/h4-5,10-11,14H,6-9,12H2,1-3H3,(H,23,26)(H,24,25,27,28). The van der Waals surface area contributed by atoms with Gasteiger partial charge in [-0.25, -0.2) is 32.7 Å². The second kappa shape index (κ2) is 9.56. The molecule has 1 saturated heterocycles. The molecular formula is C21H26FN7O2S2. The molecule has 4 heterocycles. The first-order valence-corrected chi connectivity index (χ1v) is 13.4. The second-order valence-corrected chi connectivity index (χ2v) is 11.3. The first-order valence-electron chi connectivity index (χ1n) is 10.6. The number of piperidine rings is 1. The summed E-state index contributed by atoms with van der Waals surface area (Å²) >= 11 is 1.33. The molecule has 0 saturated carbocycles. The zero-order valence-electron chi connectivity index (χ0n) is 18.7. The van der Waals surface area contributed by atoms with Gasteiger partial charge < -0.3 is 15.5 Å². The normalized spacial score (nSPS) is 15.0. The molecule has 0 aromatic carbocycles. The maximum absolute atomic E-state index is 14.4. The Morgan fingerprint density at radius 1 is 1.18 bits per heavy atom. The molecular weight excluding hydrogens is 465 g/mol. The van der Waals surface area contributed by atoms with Gasteiger partial charge in [-0.05, 0) is 37.8 Å². The predicted octanol–water partition coefficient (Wildman–Crippen LogP) is 3.49. The van der Waals surface area contributed by atoms with Crippen molar-refractivity contribution in [1.29, 1.82) is 0 Å². The Morgan fingerprint density at radius 3 is 2.55 bits per heavy atom. The van der Waals surface area contributed by atoms with Crippen LogP contribution in [-0.4, -0.2) is 60.5 Å². The highest BCUT2D eigenvalue weighted by atomic mass is 32.2. The van der Waals surface area contributed by atoms with E-state index in [1.165, 1.54) is 17.6 Å². The number of aryl methyl sites for hydroxylation is 1. The van der Waals surface area contributed by atoms with Crippen LogP contribution in [0.25, 0.3) is 10.6 Å². The van der Waals surface area contributed by atoms with E-state index in [0.717, 1.165) is 37.8 Å². The van der Waals surface area contributed by atoms with Crippen molar-refractivity contribution in [2.75, 3.05) is 47.7 Å². The number of anilines is 4. The van der Waals surface area contributed by atoms with Gasteiger partial charge in [0.2, 0.25) is 5.95 Å². The van der Waals surface area contributed by atoms with Crippen molar-refractivity contribution in [3.05, 3.63) is 36.0 Å². The van der Waals surface area contributed by atoms with E-state index in [9.17, 15) is 12.8 Å². The number of rotatable bonds is 7. The highest BCUT2D eigenvalue weighted by molar-refractivity contribution is 7.90. The minimum absolute atomic E-state index is 0.192. The molecule has 12 heteroatoms. The van der Waals surface area contributed by atoms with Crippen LogP contribution in [0, 0.1) is 18.7 Å². The summed E-state index contributed by atoms with van der Waals surface area (Å²) in [5.74, 6) is 0.727. The van der Waals surface area contributed by atoms with Crippen molar-refractivity contribution < 1.29 is 12.8 Å². The van der Waals surface area contributed by atoms with Crippen molar-refractivity contribution in [2.24, 2.45) is 5.92 Å². The molecule has 0 atom stereocenters. The third kappa shape index (κ3) is 5.74. The SMILES string of the molecule is CNc1nc(C)c(-c2nc(Nc3ccc(N4CCC(CS(C)(=O)=O)CC4)cn3)ncc2F)s1. The van der Waals surface area contributed by atoms with E-state index in [-0.39, 0.29) is 23.3 Å². The number of aromatic nitrogens is 4. The highest BCUT2D eigenvalue weighted by Gasteiger charge is 2.23. The van der Waals surface area contributed by atoms with E-state index in [1.54, 1.807) is 13.2 Å². The van der Waals surface area contributed by atoms with Crippen LogP contribution in [0.3, 0.4) is 0 Å². The number of thiazole rings is 1. The Bertz CT molecular complexity index is 1220. The van der Waals surface area contributed by atoms with Gasteiger partial charge in [-0.2, -0.15) is 0 Å². The van der Waals surface area contributed by atoms with E-state index in [2.05, 4.69) is 35.5 Å². The summed E-state index contributed by atoms with van der Waals surface area (Å²) in [4.78, 5) is 20.0. The van der Waals surface area contributed by atoms with E-state index in [1.807, 2.05) is 19.1 Å². The lowest BCUT2D eigenvalue weighted by Crippen LogP contribution is -2.35. The first kappa shape index (κ1) is 23.3. The smallest absolute Gasteiger partial charge is 0.229 e. The highest BCUT2D eigenvalue weighted by Crippen LogP contribution is 2.33. The van der Waals surface area contributed by atoms with Gasteiger partial charge in [-0.1, -0.05) is 11.3 Å². The van der Waals surface area contributed by atoms with Crippen LogP contribution in [0.1, 0.15) is 18.5 Å². The number of pyridine rings is 1. The van der Waals surface area contributed by atoms with Crippen molar-refractivity contribution >= 4 is 43.8 Å². The Labute approximate surface area is 196 Å². The lowest BCUT2D eigenvalue weighted by Gasteiger charge is -2.33. The summed E-state index contributed by atoms with van der Waals surface area (Å²) in [6.07, 6.45) is 5.87. The van der Waals surface area contributed by atoms with Gasteiger partial charge in [0.05, 0.1) is 34.4 Å². The second-order valence-electron chi connectivity index (χ2n) is 8.12. The van der Waals surface area contributed by atoms with E-state index >= 15 is 0 Å². The van der Waals surface area contributed by atoms with Gasteiger partial charge in [0, 0.05) is 26.4 Å².